The van der Waals surface area contributed by atoms with Crippen molar-refractivity contribution in [3.8, 4) is 0 Å². The molecule has 31 heavy (non-hydrogen) atoms. The van der Waals surface area contributed by atoms with Gasteiger partial charge in [0.25, 0.3) is 0 Å². The number of aromatic nitrogens is 2. The van der Waals surface area contributed by atoms with E-state index in [2.05, 4.69) is 41.2 Å². The van der Waals surface area contributed by atoms with E-state index < -0.39 is 0 Å². The summed E-state index contributed by atoms with van der Waals surface area (Å²) in [6.07, 6.45) is 2.88. The van der Waals surface area contributed by atoms with E-state index >= 15 is 0 Å². The van der Waals surface area contributed by atoms with Gasteiger partial charge in [0.2, 0.25) is 5.91 Å². The molecule has 4 nitrogen and oxygen atoms in total. The van der Waals surface area contributed by atoms with E-state index in [0.717, 1.165) is 22.6 Å². The molecule has 0 bridgehead atoms. The maximum absolute atomic E-state index is 13.6. The van der Waals surface area contributed by atoms with Gasteiger partial charge >= 0.3 is 0 Å². The third-order valence-electron chi connectivity index (χ3n) is 4.74. The number of pyridine rings is 1. The fourth-order valence-corrected chi connectivity index (χ4v) is 4.96. The molecule has 0 N–H and O–H groups in total. The Bertz CT molecular complexity index is 1160. The third kappa shape index (κ3) is 5.68. The van der Waals surface area contributed by atoms with Crippen molar-refractivity contribution < 1.29 is 9.18 Å². The highest BCUT2D eigenvalue weighted by Gasteiger charge is 2.20. The van der Waals surface area contributed by atoms with Gasteiger partial charge in [-0.05, 0) is 61.6 Å². The van der Waals surface area contributed by atoms with Crippen molar-refractivity contribution in [3.05, 3.63) is 83.9 Å². The highest BCUT2D eigenvalue weighted by molar-refractivity contribution is 7.99. The van der Waals surface area contributed by atoms with Crippen LogP contribution in [-0.2, 0) is 11.3 Å². The third-order valence-corrected chi connectivity index (χ3v) is 6.88. The minimum Gasteiger partial charge on any atom is -0.282 e. The number of aryl methyl sites for hydroxylation is 1. The molecule has 0 radical (unpaired) electrons. The molecular weight excluding hydrogens is 429 g/mol. The molecular formula is C24H22FN3OS2. The molecule has 2 aromatic carbocycles. The molecule has 0 saturated carbocycles. The van der Waals surface area contributed by atoms with Gasteiger partial charge in [-0.25, -0.2) is 9.37 Å². The monoisotopic (exact) mass is 451 g/mol. The molecule has 0 aliphatic rings. The van der Waals surface area contributed by atoms with Crippen molar-refractivity contribution in [3.63, 3.8) is 0 Å². The van der Waals surface area contributed by atoms with Crippen LogP contribution in [0.15, 0.2) is 71.8 Å². The summed E-state index contributed by atoms with van der Waals surface area (Å²) >= 11 is 3.08. The topological polar surface area (TPSA) is 46.1 Å². The Balaban J connectivity index is 1.46. The second-order valence-electron chi connectivity index (χ2n) is 7.17. The lowest BCUT2D eigenvalue weighted by Crippen LogP contribution is -2.30. The van der Waals surface area contributed by atoms with Crippen molar-refractivity contribution in [2.24, 2.45) is 0 Å². The predicted octanol–water partition coefficient (Wildman–Crippen LogP) is 6.24. The second kappa shape index (κ2) is 10.0. The molecule has 0 unspecified atom stereocenters. The van der Waals surface area contributed by atoms with Crippen LogP contribution in [0.2, 0.25) is 0 Å². The average Bonchev–Trinajstić information content (AvgIpc) is 3.19. The lowest BCUT2D eigenvalue weighted by molar-refractivity contribution is -0.118. The van der Waals surface area contributed by atoms with Crippen LogP contribution in [0.4, 0.5) is 9.52 Å². The Kier molecular flexibility index (Phi) is 6.94. The zero-order chi connectivity index (χ0) is 21.6. The molecule has 7 heteroatoms. The number of anilines is 1. The van der Waals surface area contributed by atoms with Crippen molar-refractivity contribution in [2.45, 2.75) is 31.2 Å². The number of fused-ring (bicyclic) bond motifs is 1. The minimum absolute atomic E-state index is 0.00492. The first kappa shape index (κ1) is 21.5. The molecule has 0 aliphatic heterocycles. The van der Waals surface area contributed by atoms with Crippen LogP contribution in [0.25, 0.3) is 10.2 Å². The predicted molar refractivity (Wildman–Crippen MR) is 126 cm³/mol. The number of hydrogen-bond acceptors (Lipinski definition) is 5. The fourth-order valence-electron chi connectivity index (χ4n) is 3.10. The van der Waals surface area contributed by atoms with Crippen molar-refractivity contribution in [1.29, 1.82) is 0 Å². The van der Waals surface area contributed by atoms with E-state index in [-0.39, 0.29) is 11.7 Å². The molecule has 4 rings (SSSR count). The molecule has 1 amide bonds. The summed E-state index contributed by atoms with van der Waals surface area (Å²) in [4.78, 5) is 24.9. The van der Waals surface area contributed by atoms with Gasteiger partial charge in [0.05, 0.1) is 22.5 Å². The summed E-state index contributed by atoms with van der Waals surface area (Å²) in [5.41, 5.74) is 2.71. The fraction of sp³-hybridized carbons (Fsp3) is 0.208. The zero-order valence-corrected chi connectivity index (χ0v) is 18.8. The number of thioether (sulfide) groups is 1. The van der Waals surface area contributed by atoms with Gasteiger partial charge in [0, 0.05) is 17.5 Å². The summed E-state index contributed by atoms with van der Waals surface area (Å²) in [5.74, 6) is 0.546. The highest BCUT2D eigenvalue weighted by atomic mass is 32.2. The quantitative estimate of drug-likeness (QED) is 0.235. The Morgan fingerprint density at radius 2 is 1.97 bits per heavy atom. The first-order chi connectivity index (χ1) is 15.1. The molecule has 0 saturated heterocycles. The normalized spacial score (nSPS) is 11.0. The molecule has 0 spiro atoms. The number of carbonyl (C=O) groups excluding carboxylic acids is 1. The van der Waals surface area contributed by atoms with Crippen molar-refractivity contribution in [2.75, 3.05) is 10.7 Å². The SMILES string of the molecule is Cc1ccc(SCCCC(=O)N(Cc2ccccn2)c2nc3ccc(F)cc3s2)cc1. The van der Waals surface area contributed by atoms with E-state index in [1.807, 2.05) is 18.2 Å². The van der Waals surface area contributed by atoms with Gasteiger partial charge in [-0.15, -0.1) is 11.8 Å². The Hall–Kier alpha value is -2.77. The summed E-state index contributed by atoms with van der Waals surface area (Å²) in [6, 6.07) is 18.5. The van der Waals surface area contributed by atoms with Crippen molar-refractivity contribution >= 4 is 44.4 Å². The Morgan fingerprint density at radius 1 is 1.13 bits per heavy atom. The molecule has 2 aromatic heterocycles. The lowest BCUT2D eigenvalue weighted by atomic mass is 10.2. The van der Waals surface area contributed by atoms with Gasteiger partial charge in [-0.3, -0.25) is 14.7 Å². The van der Waals surface area contributed by atoms with E-state index in [1.54, 1.807) is 28.9 Å². The molecule has 158 valence electrons. The number of hydrogen-bond donors (Lipinski definition) is 0. The Morgan fingerprint density at radius 3 is 2.74 bits per heavy atom. The zero-order valence-electron chi connectivity index (χ0n) is 17.1. The van der Waals surface area contributed by atoms with Gasteiger partial charge in [-0.2, -0.15) is 0 Å². The number of rotatable bonds is 8. The number of carbonyl (C=O) groups is 1. The molecule has 0 aliphatic carbocycles. The lowest BCUT2D eigenvalue weighted by Gasteiger charge is -2.19. The molecule has 4 aromatic rings. The number of halogens is 1. The number of amides is 1. The second-order valence-corrected chi connectivity index (χ2v) is 9.35. The van der Waals surface area contributed by atoms with Crippen LogP contribution in [0.3, 0.4) is 0 Å². The Labute approximate surface area is 189 Å². The average molecular weight is 452 g/mol. The number of nitrogens with zero attached hydrogens (tertiary/aromatic N) is 3. The molecule has 0 atom stereocenters. The van der Waals surface area contributed by atoms with Crippen molar-refractivity contribution in [1.82, 2.24) is 9.97 Å². The van der Waals surface area contributed by atoms with Gasteiger partial charge < -0.3 is 0 Å². The van der Waals surface area contributed by atoms with Crippen LogP contribution >= 0.6 is 23.1 Å². The van der Waals surface area contributed by atoms with Crippen LogP contribution in [-0.4, -0.2) is 21.6 Å². The van der Waals surface area contributed by atoms with Gasteiger partial charge in [0.1, 0.15) is 5.82 Å². The van der Waals surface area contributed by atoms with Crippen LogP contribution < -0.4 is 4.90 Å². The summed E-state index contributed by atoms with van der Waals surface area (Å²) in [7, 11) is 0. The van der Waals surface area contributed by atoms with Crippen LogP contribution in [0.1, 0.15) is 24.1 Å². The number of thiazole rings is 1. The maximum Gasteiger partial charge on any atom is 0.229 e. The first-order valence-corrected chi connectivity index (χ1v) is 11.8. The first-order valence-electron chi connectivity index (χ1n) is 10.0. The van der Waals surface area contributed by atoms with E-state index in [1.165, 1.54) is 33.9 Å². The van der Waals surface area contributed by atoms with E-state index in [0.29, 0.717) is 23.6 Å². The molecule has 0 fully saturated rings. The summed E-state index contributed by atoms with van der Waals surface area (Å²) in [6.45, 7) is 2.41. The van der Waals surface area contributed by atoms with Crippen LogP contribution in [0.5, 0.6) is 0 Å². The smallest absolute Gasteiger partial charge is 0.229 e. The van der Waals surface area contributed by atoms with Gasteiger partial charge in [-0.1, -0.05) is 35.1 Å². The van der Waals surface area contributed by atoms with Gasteiger partial charge in [0.15, 0.2) is 5.13 Å². The highest BCUT2D eigenvalue weighted by Crippen LogP contribution is 2.31. The summed E-state index contributed by atoms with van der Waals surface area (Å²) < 4.78 is 14.3. The van der Waals surface area contributed by atoms with E-state index in [4.69, 9.17) is 0 Å². The largest absolute Gasteiger partial charge is 0.282 e. The number of benzene rings is 2. The van der Waals surface area contributed by atoms with E-state index in [9.17, 15) is 9.18 Å². The molecule has 2 heterocycles. The van der Waals surface area contributed by atoms with Crippen LogP contribution in [0, 0.1) is 12.7 Å². The minimum atomic E-state index is -0.307. The standard InChI is InChI=1S/C24H22FN3OS2/c1-17-7-10-20(11-8-17)30-14-4-6-23(29)28(16-19-5-2-3-13-26-19)24-27-21-12-9-18(25)15-22(21)31-24/h2-3,5,7-13,15H,4,6,14,16H2,1H3. The maximum atomic E-state index is 13.6. The summed E-state index contributed by atoms with van der Waals surface area (Å²) in [5, 5.41) is 0.572.